The number of benzene rings is 2. The highest BCUT2D eigenvalue weighted by Gasteiger charge is 2.07. The molecule has 0 atom stereocenters. The molecule has 1 heterocycles. The maximum atomic E-state index is 12.2. The van der Waals surface area contributed by atoms with E-state index in [0.29, 0.717) is 16.9 Å². The van der Waals surface area contributed by atoms with Gasteiger partial charge in [-0.25, -0.2) is 4.98 Å². The van der Waals surface area contributed by atoms with Crippen molar-refractivity contribution in [2.75, 3.05) is 5.32 Å². The summed E-state index contributed by atoms with van der Waals surface area (Å²) in [6.45, 7) is 0. The maximum absolute atomic E-state index is 12.2. The predicted octanol–water partition coefficient (Wildman–Crippen LogP) is 3.58. The molecule has 0 saturated heterocycles. The van der Waals surface area contributed by atoms with Gasteiger partial charge in [0, 0.05) is 5.56 Å². The van der Waals surface area contributed by atoms with Gasteiger partial charge < -0.3 is 10.4 Å². The number of pyridine rings is 1. The van der Waals surface area contributed by atoms with Gasteiger partial charge in [0.15, 0.2) is 0 Å². The molecular formula is C19H13N3O2. The van der Waals surface area contributed by atoms with Gasteiger partial charge in [-0.3, -0.25) is 4.79 Å². The lowest BCUT2D eigenvalue weighted by molar-refractivity contribution is 0.102. The highest BCUT2D eigenvalue weighted by Crippen LogP contribution is 2.20. The van der Waals surface area contributed by atoms with E-state index in [1.807, 2.05) is 24.3 Å². The second kappa shape index (κ2) is 6.63. The van der Waals surface area contributed by atoms with E-state index in [0.717, 1.165) is 11.1 Å². The molecule has 0 aliphatic heterocycles. The zero-order valence-corrected chi connectivity index (χ0v) is 12.6. The fraction of sp³-hybridized carbons (Fsp3) is 0. The van der Waals surface area contributed by atoms with Gasteiger partial charge in [0.05, 0.1) is 17.8 Å². The molecule has 1 aromatic heterocycles. The number of aromatic hydroxyl groups is 1. The van der Waals surface area contributed by atoms with Crippen LogP contribution in [0.1, 0.15) is 15.9 Å². The van der Waals surface area contributed by atoms with Gasteiger partial charge in [-0.05, 0) is 47.5 Å². The lowest BCUT2D eigenvalue weighted by Crippen LogP contribution is -2.12. The van der Waals surface area contributed by atoms with Crippen LogP contribution in [-0.2, 0) is 0 Å². The molecule has 1 amide bonds. The summed E-state index contributed by atoms with van der Waals surface area (Å²) in [6, 6.07) is 19.5. The summed E-state index contributed by atoms with van der Waals surface area (Å²) in [5.74, 6) is 0.133. The zero-order valence-electron chi connectivity index (χ0n) is 12.6. The normalized spacial score (nSPS) is 9.96. The Morgan fingerprint density at radius 2 is 1.58 bits per heavy atom. The Kier molecular flexibility index (Phi) is 4.21. The molecule has 0 aliphatic carbocycles. The van der Waals surface area contributed by atoms with Crippen LogP contribution >= 0.6 is 0 Å². The number of rotatable bonds is 3. The number of amides is 1. The van der Waals surface area contributed by atoms with Crippen LogP contribution in [0.2, 0.25) is 0 Å². The summed E-state index contributed by atoms with van der Waals surface area (Å²) < 4.78 is 0. The van der Waals surface area contributed by atoms with E-state index >= 15 is 0 Å². The van der Waals surface area contributed by atoms with Crippen LogP contribution in [0.25, 0.3) is 11.1 Å². The van der Waals surface area contributed by atoms with Crippen LogP contribution in [0, 0.1) is 11.3 Å². The van der Waals surface area contributed by atoms with Gasteiger partial charge in [-0.15, -0.1) is 0 Å². The maximum Gasteiger partial charge on any atom is 0.256 e. The molecule has 0 radical (unpaired) electrons. The third kappa shape index (κ3) is 3.39. The van der Waals surface area contributed by atoms with E-state index in [1.165, 1.54) is 18.3 Å². The van der Waals surface area contributed by atoms with Gasteiger partial charge >= 0.3 is 0 Å². The van der Waals surface area contributed by atoms with Crippen molar-refractivity contribution in [3.8, 4) is 22.9 Å². The Hall–Kier alpha value is -3.65. The van der Waals surface area contributed by atoms with Crippen molar-refractivity contribution in [1.82, 2.24) is 4.98 Å². The Morgan fingerprint density at radius 1 is 0.958 bits per heavy atom. The quantitative estimate of drug-likeness (QED) is 0.773. The van der Waals surface area contributed by atoms with E-state index in [4.69, 9.17) is 5.26 Å². The average molecular weight is 315 g/mol. The molecule has 0 spiro atoms. The molecular weight excluding hydrogens is 302 g/mol. The van der Waals surface area contributed by atoms with Crippen molar-refractivity contribution in [2.24, 2.45) is 0 Å². The summed E-state index contributed by atoms with van der Waals surface area (Å²) in [6.07, 6.45) is 1.27. The topological polar surface area (TPSA) is 86.0 Å². The molecule has 0 bridgehead atoms. The van der Waals surface area contributed by atoms with Crippen molar-refractivity contribution in [1.29, 1.82) is 5.26 Å². The number of hydrogen-bond donors (Lipinski definition) is 2. The van der Waals surface area contributed by atoms with Gasteiger partial charge in [0.1, 0.15) is 11.6 Å². The number of nitrogens with zero attached hydrogens (tertiary/aromatic N) is 2. The van der Waals surface area contributed by atoms with Crippen LogP contribution in [0.5, 0.6) is 5.75 Å². The van der Waals surface area contributed by atoms with Crippen LogP contribution in [0.4, 0.5) is 5.82 Å². The first-order valence-electron chi connectivity index (χ1n) is 7.23. The summed E-state index contributed by atoms with van der Waals surface area (Å²) >= 11 is 0. The summed E-state index contributed by atoms with van der Waals surface area (Å²) in [7, 11) is 0. The third-order valence-electron chi connectivity index (χ3n) is 3.48. The van der Waals surface area contributed by atoms with Crippen molar-refractivity contribution in [3.63, 3.8) is 0 Å². The molecule has 0 saturated carbocycles. The zero-order chi connectivity index (χ0) is 16.9. The Morgan fingerprint density at radius 3 is 2.12 bits per heavy atom. The van der Waals surface area contributed by atoms with E-state index in [9.17, 15) is 9.90 Å². The monoisotopic (exact) mass is 315 g/mol. The molecule has 0 unspecified atom stereocenters. The smallest absolute Gasteiger partial charge is 0.256 e. The highest BCUT2D eigenvalue weighted by atomic mass is 16.3. The Labute approximate surface area is 138 Å². The summed E-state index contributed by atoms with van der Waals surface area (Å²) in [5, 5.41) is 20.7. The van der Waals surface area contributed by atoms with Gasteiger partial charge in [-0.2, -0.15) is 5.26 Å². The molecule has 3 aromatic rings. The number of aromatic nitrogens is 1. The number of nitriles is 1. The predicted molar refractivity (Wildman–Crippen MR) is 90.4 cm³/mol. The molecule has 0 fully saturated rings. The van der Waals surface area contributed by atoms with Crippen molar-refractivity contribution < 1.29 is 9.90 Å². The molecule has 2 N–H and O–H groups in total. The molecule has 2 aromatic carbocycles. The molecule has 116 valence electrons. The third-order valence-corrected chi connectivity index (χ3v) is 3.48. The second-order valence-corrected chi connectivity index (χ2v) is 5.12. The Bertz CT molecular complexity index is 893. The minimum absolute atomic E-state index is 0.0415. The number of hydrogen-bond acceptors (Lipinski definition) is 4. The van der Waals surface area contributed by atoms with Gasteiger partial charge in [-0.1, -0.05) is 24.3 Å². The van der Waals surface area contributed by atoms with E-state index in [2.05, 4.69) is 16.4 Å². The van der Waals surface area contributed by atoms with Gasteiger partial charge in [0.25, 0.3) is 5.91 Å². The highest BCUT2D eigenvalue weighted by molar-refractivity contribution is 6.04. The molecule has 5 nitrogen and oxygen atoms in total. The second-order valence-electron chi connectivity index (χ2n) is 5.12. The van der Waals surface area contributed by atoms with Crippen molar-refractivity contribution in [2.45, 2.75) is 0 Å². The summed E-state index contributed by atoms with van der Waals surface area (Å²) in [4.78, 5) is 16.1. The first kappa shape index (κ1) is 15.3. The van der Waals surface area contributed by atoms with E-state index in [1.54, 1.807) is 24.3 Å². The minimum atomic E-state index is -0.278. The van der Waals surface area contributed by atoms with Crippen LogP contribution in [0.15, 0.2) is 66.9 Å². The largest absolute Gasteiger partial charge is 0.506 e. The SMILES string of the molecule is N#Cc1ccc(-c2ccc(C(=O)Nc3ccc(O)cn3)cc2)cc1. The van der Waals surface area contributed by atoms with E-state index < -0.39 is 0 Å². The minimum Gasteiger partial charge on any atom is -0.506 e. The first-order chi connectivity index (χ1) is 11.7. The molecule has 3 rings (SSSR count). The lowest BCUT2D eigenvalue weighted by Gasteiger charge is -2.06. The summed E-state index contributed by atoms with van der Waals surface area (Å²) in [5.41, 5.74) is 3.04. The van der Waals surface area contributed by atoms with Gasteiger partial charge in [0.2, 0.25) is 0 Å². The lowest BCUT2D eigenvalue weighted by atomic mass is 10.0. The fourth-order valence-electron chi connectivity index (χ4n) is 2.20. The molecule has 5 heteroatoms. The average Bonchev–Trinajstić information content (AvgIpc) is 2.64. The molecule has 24 heavy (non-hydrogen) atoms. The fourth-order valence-corrected chi connectivity index (χ4v) is 2.20. The number of anilines is 1. The van der Waals surface area contributed by atoms with Crippen molar-refractivity contribution >= 4 is 11.7 Å². The number of carbonyl (C=O) groups excluding carboxylic acids is 1. The molecule has 0 aliphatic rings. The number of nitrogens with one attached hydrogen (secondary N) is 1. The Balaban J connectivity index is 1.74. The van der Waals surface area contributed by atoms with Crippen LogP contribution in [-0.4, -0.2) is 16.0 Å². The standard InChI is InChI=1S/C19H13N3O2/c20-11-13-1-3-14(4-2-13)15-5-7-16(8-6-15)19(24)22-18-10-9-17(23)12-21-18/h1-10,12,23H,(H,21,22,24). The van der Waals surface area contributed by atoms with Crippen molar-refractivity contribution in [3.05, 3.63) is 78.0 Å². The van der Waals surface area contributed by atoms with Crippen LogP contribution in [0.3, 0.4) is 0 Å². The number of carbonyl (C=O) groups is 1. The van der Waals surface area contributed by atoms with Crippen LogP contribution < -0.4 is 5.32 Å². The van der Waals surface area contributed by atoms with E-state index in [-0.39, 0.29) is 11.7 Å². The first-order valence-corrected chi connectivity index (χ1v) is 7.23.